The van der Waals surface area contributed by atoms with E-state index >= 15 is 0 Å². The molecule has 0 saturated heterocycles. The van der Waals surface area contributed by atoms with Crippen LogP contribution in [-0.4, -0.2) is 11.0 Å². The minimum Gasteiger partial charge on any atom is -0.458 e. The SMILES string of the molecule is Cc1cccc2cc(C(O)CCCCl)oc12. The van der Waals surface area contributed by atoms with Crippen LogP contribution in [0.15, 0.2) is 28.7 Å². The zero-order valence-corrected chi connectivity index (χ0v) is 10.00. The number of hydrogen-bond donors (Lipinski definition) is 1. The number of aliphatic hydroxyl groups excluding tert-OH is 1. The first-order valence-corrected chi connectivity index (χ1v) is 5.99. The topological polar surface area (TPSA) is 33.4 Å². The maximum atomic E-state index is 9.89. The number of aryl methyl sites for hydroxylation is 1. The number of para-hydroxylation sites is 1. The van der Waals surface area contributed by atoms with Gasteiger partial charge >= 0.3 is 0 Å². The third kappa shape index (κ3) is 2.23. The molecular weight excluding hydrogens is 224 g/mol. The number of halogens is 1. The van der Waals surface area contributed by atoms with Crippen LogP contribution in [0.3, 0.4) is 0 Å². The molecule has 2 aromatic rings. The Labute approximate surface area is 99.8 Å². The highest BCUT2D eigenvalue weighted by Gasteiger charge is 2.13. The van der Waals surface area contributed by atoms with E-state index in [1.807, 2.05) is 31.2 Å². The van der Waals surface area contributed by atoms with Crippen LogP contribution < -0.4 is 0 Å². The van der Waals surface area contributed by atoms with Crippen molar-refractivity contribution in [2.24, 2.45) is 0 Å². The Morgan fingerprint density at radius 1 is 1.44 bits per heavy atom. The molecule has 86 valence electrons. The molecule has 1 unspecified atom stereocenters. The number of alkyl halides is 1. The molecule has 2 nitrogen and oxygen atoms in total. The van der Waals surface area contributed by atoms with Crippen molar-refractivity contribution in [3.8, 4) is 0 Å². The fourth-order valence-corrected chi connectivity index (χ4v) is 1.96. The molecule has 0 saturated carbocycles. The number of benzene rings is 1. The van der Waals surface area contributed by atoms with E-state index < -0.39 is 6.10 Å². The fourth-order valence-electron chi connectivity index (χ4n) is 1.81. The summed E-state index contributed by atoms with van der Waals surface area (Å²) in [5.41, 5.74) is 1.95. The molecule has 0 bridgehead atoms. The van der Waals surface area contributed by atoms with Gasteiger partial charge in [0.25, 0.3) is 0 Å². The summed E-state index contributed by atoms with van der Waals surface area (Å²) in [4.78, 5) is 0. The van der Waals surface area contributed by atoms with E-state index in [0.717, 1.165) is 23.0 Å². The minimum atomic E-state index is -0.550. The van der Waals surface area contributed by atoms with Crippen LogP contribution in [0, 0.1) is 6.92 Å². The van der Waals surface area contributed by atoms with Crippen LogP contribution in [-0.2, 0) is 0 Å². The molecule has 1 atom stereocenters. The standard InChI is InChI=1S/C13H15ClO2/c1-9-4-2-5-10-8-12(16-13(9)10)11(15)6-3-7-14/h2,4-5,8,11,15H,3,6-7H2,1H3. The number of aliphatic hydroxyl groups is 1. The summed E-state index contributed by atoms with van der Waals surface area (Å²) in [5.74, 6) is 1.20. The van der Waals surface area contributed by atoms with Gasteiger partial charge < -0.3 is 9.52 Å². The zero-order chi connectivity index (χ0) is 11.5. The number of hydrogen-bond acceptors (Lipinski definition) is 2. The average Bonchev–Trinajstić information content (AvgIpc) is 2.71. The van der Waals surface area contributed by atoms with Gasteiger partial charge in [0.05, 0.1) is 0 Å². The summed E-state index contributed by atoms with van der Waals surface area (Å²) in [6, 6.07) is 7.88. The van der Waals surface area contributed by atoms with Crippen molar-refractivity contribution in [1.82, 2.24) is 0 Å². The van der Waals surface area contributed by atoms with E-state index in [2.05, 4.69) is 0 Å². The molecule has 1 N–H and O–H groups in total. The number of rotatable bonds is 4. The summed E-state index contributed by atoms with van der Waals surface area (Å²) < 4.78 is 5.66. The first kappa shape index (κ1) is 11.5. The zero-order valence-electron chi connectivity index (χ0n) is 9.24. The predicted octanol–water partition coefficient (Wildman–Crippen LogP) is 3.79. The Morgan fingerprint density at radius 3 is 2.94 bits per heavy atom. The highest BCUT2D eigenvalue weighted by molar-refractivity contribution is 6.17. The van der Waals surface area contributed by atoms with Crippen LogP contribution in [0.25, 0.3) is 11.0 Å². The Kier molecular flexibility index (Phi) is 3.52. The molecule has 0 spiro atoms. The molecule has 0 aliphatic carbocycles. The largest absolute Gasteiger partial charge is 0.458 e. The van der Waals surface area contributed by atoms with Gasteiger partial charge in [-0.2, -0.15) is 0 Å². The van der Waals surface area contributed by atoms with Crippen molar-refractivity contribution in [3.63, 3.8) is 0 Å². The molecule has 0 radical (unpaired) electrons. The second kappa shape index (κ2) is 4.89. The molecular formula is C13H15ClO2. The van der Waals surface area contributed by atoms with Gasteiger partial charge in [-0.05, 0) is 31.4 Å². The smallest absolute Gasteiger partial charge is 0.137 e. The quantitative estimate of drug-likeness (QED) is 0.822. The summed E-state index contributed by atoms with van der Waals surface area (Å²) in [6.45, 7) is 2.00. The maximum Gasteiger partial charge on any atom is 0.137 e. The second-order valence-corrected chi connectivity index (χ2v) is 4.37. The lowest BCUT2D eigenvalue weighted by Crippen LogP contribution is -1.95. The lowest BCUT2D eigenvalue weighted by molar-refractivity contribution is 0.142. The summed E-state index contributed by atoms with van der Waals surface area (Å²) in [5, 5.41) is 10.9. The third-order valence-electron chi connectivity index (χ3n) is 2.70. The van der Waals surface area contributed by atoms with E-state index in [9.17, 15) is 5.11 Å². The Morgan fingerprint density at radius 2 is 2.25 bits per heavy atom. The molecule has 16 heavy (non-hydrogen) atoms. The van der Waals surface area contributed by atoms with Crippen LogP contribution in [0.5, 0.6) is 0 Å². The van der Waals surface area contributed by atoms with Crippen LogP contribution in [0.4, 0.5) is 0 Å². The Hall–Kier alpha value is -0.990. The van der Waals surface area contributed by atoms with Gasteiger partial charge in [0.15, 0.2) is 0 Å². The van der Waals surface area contributed by atoms with Crippen molar-refractivity contribution in [1.29, 1.82) is 0 Å². The van der Waals surface area contributed by atoms with Crippen molar-refractivity contribution < 1.29 is 9.52 Å². The highest BCUT2D eigenvalue weighted by atomic mass is 35.5. The van der Waals surface area contributed by atoms with Crippen molar-refractivity contribution >= 4 is 22.6 Å². The van der Waals surface area contributed by atoms with Crippen LogP contribution in [0.2, 0.25) is 0 Å². The van der Waals surface area contributed by atoms with Gasteiger partial charge in [0, 0.05) is 11.3 Å². The van der Waals surface area contributed by atoms with Gasteiger partial charge in [0.2, 0.25) is 0 Å². The molecule has 0 amide bonds. The Bertz CT molecular complexity index is 476. The van der Waals surface area contributed by atoms with Crippen molar-refractivity contribution in [2.75, 3.05) is 5.88 Å². The third-order valence-corrected chi connectivity index (χ3v) is 2.97. The van der Waals surface area contributed by atoms with Gasteiger partial charge in [-0.25, -0.2) is 0 Å². The van der Waals surface area contributed by atoms with E-state index in [-0.39, 0.29) is 0 Å². The average molecular weight is 239 g/mol. The maximum absolute atomic E-state index is 9.89. The molecule has 1 aromatic heterocycles. The molecule has 0 fully saturated rings. The van der Waals surface area contributed by atoms with Crippen LogP contribution in [0.1, 0.15) is 30.3 Å². The molecule has 0 aliphatic rings. The van der Waals surface area contributed by atoms with Gasteiger partial charge in [-0.3, -0.25) is 0 Å². The monoisotopic (exact) mass is 238 g/mol. The van der Waals surface area contributed by atoms with E-state index in [1.54, 1.807) is 0 Å². The van der Waals surface area contributed by atoms with Crippen molar-refractivity contribution in [2.45, 2.75) is 25.9 Å². The molecule has 3 heteroatoms. The predicted molar refractivity (Wildman–Crippen MR) is 65.9 cm³/mol. The molecule has 1 heterocycles. The van der Waals surface area contributed by atoms with E-state index in [0.29, 0.717) is 18.1 Å². The highest BCUT2D eigenvalue weighted by Crippen LogP contribution is 2.28. The summed E-state index contributed by atoms with van der Waals surface area (Å²) in [6.07, 6.45) is 0.881. The van der Waals surface area contributed by atoms with Gasteiger partial charge in [-0.15, -0.1) is 11.6 Å². The van der Waals surface area contributed by atoms with Gasteiger partial charge in [0.1, 0.15) is 17.4 Å². The summed E-state index contributed by atoms with van der Waals surface area (Å²) >= 11 is 5.60. The normalized spacial score (nSPS) is 13.2. The van der Waals surface area contributed by atoms with Crippen molar-refractivity contribution in [3.05, 3.63) is 35.6 Å². The lowest BCUT2D eigenvalue weighted by Gasteiger charge is -2.04. The minimum absolute atomic E-state index is 0.550. The Balaban J connectivity index is 2.29. The fraction of sp³-hybridized carbons (Fsp3) is 0.385. The molecule has 0 aliphatic heterocycles. The van der Waals surface area contributed by atoms with E-state index in [1.165, 1.54) is 0 Å². The molecule has 2 rings (SSSR count). The summed E-state index contributed by atoms with van der Waals surface area (Å²) in [7, 11) is 0. The first-order valence-electron chi connectivity index (χ1n) is 5.45. The number of furan rings is 1. The van der Waals surface area contributed by atoms with Crippen LogP contribution >= 0.6 is 11.6 Å². The second-order valence-electron chi connectivity index (χ2n) is 3.99. The van der Waals surface area contributed by atoms with E-state index in [4.69, 9.17) is 16.0 Å². The van der Waals surface area contributed by atoms with Gasteiger partial charge in [-0.1, -0.05) is 18.2 Å². The molecule has 1 aromatic carbocycles. The lowest BCUT2D eigenvalue weighted by atomic mass is 10.1. The number of fused-ring (bicyclic) bond motifs is 1. The first-order chi connectivity index (χ1) is 7.72.